The second-order valence-electron chi connectivity index (χ2n) is 6.90. The summed E-state index contributed by atoms with van der Waals surface area (Å²) in [7, 11) is 0. The predicted octanol–water partition coefficient (Wildman–Crippen LogP) is 4.45. The van der Waals surface area contributed by atoms with Crippen LogP contribution in [-0.2, 0) is 0 Å². The molecule has 5 heteroatoms. The van der Waals surface area contributed by atoms with Gasteiger partial charge in [-0.1, -0.05) is 18.2 Å². The van der Waals surface area contributed by atoms with E-state index < -0.39 is 0 Å². The van der Waals surface area contributed by atoms with Crippen molar-refractivity contribution < 1.29 is 0 Å². The Balaban J connectivity index is 1.83. The lowest BCUT2D eigenvalue weighted by Crippen LogP contribution is -2.35. The predicted molar refractivity (Wildman–Crippen MR) is 107 cm³/mol. The molecule has 130 valence electrons. The van der Waals surface area contributed by atoms with Crippen LogP contribution in [0.1, 0.15) is 28.8 Å². The first-order valence-electron chi connectivity index (χ1n) is 8.92. The number of hydrogen-bond donors (Lipinski definition) is 2. The third-order valence-corrected chi connectivity index (χ3v) is 6.15. The van der Waals surface area contributed by atoms with E-state index in [0.717, 1.165) is 36.6 Å². The Labute approximate surface area is 152 Å². The molecular weight excluding hydrogens is 328 g/mol. The van der Waals surface area contributed by atoms with Crippen LogP contribution in [0.5, 0.6) is 0 Å². The minimum atomic E-state index is 0.479. The molecule has 4 rings (SSSR count). The van der Waals surface area contributed by atoms with Gasteiger partial charge in [0.05, 0.1) is 5.39 Å². The van der Waals surface area contributed by atoms with Crippen molar-refractivity contribution in [2.24, 2.45) is 0 Å². The van der Waals surface area contributed by atoms with Crippen molar-refractivity contribution in [1.82, 2.24) is 15.3 Å². The molecule has 1 aromatic carbocycles. The summed E-state index contributed by atoms with van der Waals surface area (Å²) in [6.07, 6.45) is 3.95. The summed E-state index contributed by atoms with van der Waals surface area (Å²) in [6.45, 7) is 8.65. The second-order valence-corrected chi connectivity index (χ2v) is 8.11. The minimum absolute atomic E-state index is 0.479. The molecule has 2 aromatic heterocycles. The molecule has 1 aliphatic rings. The maximum atomic E-state index is 4.60. The largest absolute Gasteiger partial charge is 0.367 e. The van der Waals surface area contributed by atoms with E-state index in [0.29, 0.717) is 6.04 Å². The molecule has 0 saturated carbocycles. The maximum absolute atomic E-state index is 4.60. The van der Waals surface area contributed by atoms with E-state index in [1.165, 1.54) is 32.5 Å². The molecule has 0 amide bonds. The number of aromatic nitrogens is 2. The van der Waals surface area contributed by atoms with Gasteiger partial charge in [0.1, 0.15) is 17.0 Å². The van der Waals surface area contributed by atoms with Gasteiger partial charge in [-0.3, -0.25) is 0 Å². The fraction of sp³-hybridized carbons (Fsp3) is 0.400. The first-order valence-corrected chi connectivity index (χ1v) is 9.74. The summed E-state index contributed by atoms with van der Waals surface area (Å²) in [5.74, 6) is 0.981. The molecule has 25 heavy (non-hydrogen) atoms. The molecular formula is C20H24N4S. The van der Waals surface area contributed by atoms with Crippen LogP contribution in [0.2, 0.25) is 0 Å². The van der Waals surface area contributed by atoms with Crippen molar-refractivity contribution in [2.75, 3.05) is 18.4 Å². The van der Waals surface area contributed by atoms with E-state index in [9.17, 15) is 0 Å². The number of aryl methyl sites for hydroxylation is 3. The highest BCUT2D eigenvalue weighted by Gasteiger charge is 2.20. The third-order valence-electron chi connectivity index (χ3n) is 5.14. The topological polar surface area (TPSA) is 49.8 Å². The third kappa shape index (κ3) is 3.14. The fourth-order valence-corrected chi connectivity index (χ4v) is 4.57. The van der Waals surface area contributed by atoms with Crippen LogP contribution in [-0.4, -0.2) is 29.1 Å². The van der Waals surface area contributed by atoms with Crippen molar-refractivity contribution in [2.45, 2.75) is 39.7 Å². The summed E-state index contributed by atoms with van der Waals surface area (Å²) in [5, 5.41) is 8.28. The van der Waals surface area contributed by atoms with E-state index in [2.05, 4.69) is 59.6 Å². The van der Waals surface area contributed by atoms with Gasteiger partial charge in [0.15, 0.2) is 0 Å². The first-order chi connectivity index (χ1) is 12.1. The normalized spacial score (nSPS) is 15.6. The van der Waals surface area contributed by atoms with Crippen molar-refractivity contribution in [3.8, 4) is 11.1 Å². The number of rotatable bonds is 3. The van der Waals surface area contributed by atoms with Crippen LogP contribution in [0, 0.1) is 20.8 Å². The van der Waals surface area contributed by atoms with Crippen molar-refractivity contribution in [3.63, 3.8) is 0 Å². The standard InChI is InChI=1S/C20H24N4S/c1-12-4-5-15(10-13(12)2)17-14(3)25-20-18(17)19(22-11-23-20)24-16-6-8-21-9-7-16/h4-5,10-11,16,21H,6-9H2,1-3H3,(H,22,23,24). The van der Waals surface area contributed by atoms with E-state index in [4.69, 9.17) is 0 Å². The molecule has 0 unspecified atom stereocenters. The lowest BCUT2D eigenvalue weighted by molar-refractivity contribution is 0.478. The highest BCUT2D eigenvalue weighted by molar-refractivity contribution is 7.19. The monoisotopic (exact) mass is 352 g/mol. The quantitative estimate of drug-likeness (QED) is 0.731. The van der Waals surface area contributed by atoms with E-state index >= 15 is 0 Å². The number of nitrogens with one attached hydrogen (secondary N) is 2. The molecule has 0 radical (unpaired) electrons. The molecule has 3 aromatic rings. The Kier molecular flexibility index (Phi) is 4.44. The number of thiophene rings is 1. The van der Waals surface area contributed by atoms with Crippen LogP contribution in [0.3, 0.4) is 0 Å². The summed E-state index contributed by atoms with van der Waals surface area (Å²) in [6, 6.07) is 7.19. The second kappa shape index (κ2) is 6.73. The summed E-state index contributed by atoms with van der Waals surface area (Å²) in [4.78, 5) is 11.5. The van der Waals surface area contributed by atoms with Crippen LogP contribution in [0.4, 0.5) is 5.82 Å². The average molecular weight is 353 g/mol. The molecule has 1 saturated heterocycles. The number of anilines is 1. The smallest absolute Gasteiger partial charge is 0.139 e. The van der Waals surface area contributed by atoms with Crippen LogP contribution in [0.25, 0.3) is 21.3 Å². The van der Waals surface area contributed by atoms with Gasteiger partial charge < -0.3 is 10.6 Å². The van der Waals surface area contributed by atoms with Gasteiger partial charge in [-0.25, -0.2) is 9.97 Å². The zero-order valence-electron chi connectivity index (χ0n) is 15.0. The van der Waals surface area contributed by atoms with Crippen molar-refractivity contribution in [3.05, 3.63) is 40.5 Å². The minimum Gasteiger partial charge on any atom is -0.367 e. The Morgan fingerprint density at radius 1 is 1.08 bits per heavy atom. The Bertz CT molecular complexity index is 909. The molecule has 3 heterocycles. The zero-order valence-corrected chi connectivity index (χ0v) is 15.8. The fourth-order valence-electron chi connectivity index (χ4n) is 3.56. The maximum Gasteiger partial charge on any atom is 0.139 e. The molecule has 2 N–H and O–H groups in total. The highest BCUT2D eigenvalue weighted by atomic mass is 32.1. The van der Waals surface area contributed by atoms with Gasteiger partial charge in [-0.05, 0) is 63.4 Å². The van der Waals surface area contributed by atoms with Gasteiger partial charge in [-0.15, -0.1) is 11.3 Å². The van der Waals surface area contributed by atoms with E-state index in [1.54, 1.807) is 17.7 Å². The number of benzene rings is 1. The van der Waals surface area contributed by atoms with E-state index in [-0.39, 0.29) is 0 Å². The van der Waals surface area contributed by atoms with E-state index in [1.807, 2.05) is 0 Å². The molecule has 1 fully saturated rings. The van der Waals surface area contributed by atoms with Gasteiger partial charge in [0.25, 0.3) is 0 Å². The number of nitrogens with zero attached hydrogens (tertiary/aromatic N) is 2. The number of fused-ring (bicyclic) bond motifs is 1. The first kappa shape index (κ1) is 16.5. The molecule has 1 aliphatic heterocycles. The van der Waals surface area contributed by atoms with Crippen LogP contribution >= 0.6 is 11.3 Å². The molecule has 4 nitrogen and oxygen atoms in total. The molecule has 0 bridgehead atoms. The lowest BCUT2D eigenvalue weighted by atomic mass is 9.98. The van der Waals surface area contributed by atoms with Gasteiger partial charge in [-0.2, -0.15) is 0 Å². The summed E-state index contributed by atoms with van der Waals surface area (Å²) in [5.41, 5.74) is 5.18. The number of piperidine rings is 1. The van der Waals surface area contributed by atoms with Crippen molar-refractivity contribution in [1.29, 1.82) is 0 Å². The number of hydrogen-bond acceptors (Lipinski definition) is 5. The van der Waals surface area contributed by atoms with Crippen LogP contribution < -0.4 is 10.6 Å². The average Bonchev–Trinajstić information content (AvgIpc) is 2.95. The molecule has 0 aliphatic carbocycles. The van der Waals surface area contributed by atoms with Crippen LogP contribution in [0.15, 0.2) is 24.5 Å². The SMILES string of the molecule is Cc1ccc(-c2c(C)sc3ncnc(NC4CCNCC4)c23)cc1C. The van der Waals surface area contributed by atoms with Gasteiger partial charge in [0.2, 0.25) is 0 Å². The Morgan fingerprint density at radius 3 is 2.64 bits per heavy atom. The lowest BCUT2D eigenvalue weighted by Gasteiger charge is -2.24. The highest BCUT2D eigenvalue weighted by Crippen LogP contribution is 2.41. The Hall–Kier alpha value is -1.98. The summed E-state index contributed by atoms with van der Waals surface area (Å²) < 4.78 is 0. The van der Waals surface area contributed by atoms with Gasteiger partial charge in [0, 0.05) is 16.5 Å². The molecule has 0 atom stereocenters. The Morgan fingerprint density at radius 2 is 1.88 bits per heavy atom. The molecule has 0 spiro atoms. The zero-order chi connectivity index (χ0) is 17.4. The van der Waals surface area contributed by atoms with Crippen molar-refractivity contribution >= 4 is 27.4 Å². The van der Waals surface area contributed by atoms with Gasteiger partial charge >= 0.3 is 0 Å². The summed E-state index contributed by atoms with van der Waals surface area (Å²) >= 11 is 1.76.